The topological polar surface area (TPSA) is 21.3 Å². The van der Waals surface area contributed by atoms with E-state index in [0.29, 0.717) is 20.7 Å². The van der Waals surface area contributed by atoms with Crippen LogP contribution in [0.1, 0.15) is 5.56 Å². The number of halogens is 5. The zero-order chi connectivity index (χ0) is 15.4. The molecular formula is C14H10BrClF3NO. The Labute approximate surface area is 133 Å². The summed E-state index contributed by atoms with van der Waals surface area (Å²) >= 11 is 8.92. The SMILES string of the molecule is Fc1ccc(NCc2cc(Cl)ccc2OC(F)F)cc1Br. The normalized spacial score (nSPS) is 10.8. The van der Waals surface area contributed by atoms with E-state index in [1.807, 2.05) is 0 Å². The molecule has 0 spiro atoms. The fraction of sp³-hybridized carbons (Fsp3) is 0.143. The van der Waals surface area contributed by atoms with E-state index < -0.39 is 6.61 Å². The molecule has 2 aromatic carbocycles. The molecule has 2 rings (SSSR count). The lowest BCUT2D eigenvalue weighted by molar-refractivity contribution is -0.0504. The van der Waals surface area contributed by atoms with Crippen molar-refractivity contribution in [1.29, 1.82) is 0 Å². The van der Waals surface area contributed by atoms with Crippen LogP contribution >= 0.6 is 27.5 Å². The first kappa shape index (κ1) is 16.0. The van der Waals surface area contributed by atoms with Crippen molar-refractivity contribution in [2.45, 2.75) is 13.2 Å². The maximum Gasteiger partial charge on any atom is 0.387 e. The van der Waals surface area contributed by atoms with Crippen molar-refractivity contribution in [2.75, 3.05) is 5.32 Å². The second-order valence-electron chi connectivity index (χ2n) is 4.11. The number of anilines is 1. The lowest BCUT2D eigenvalue weighted by Crippen LogP contribution is -2.07. The van der Waals surface area contributed by atoms with Crippen molar-refractivity contribution >= 4 is 33.2 Å². The van der Waals surface area contributed by atoms with Gasteiger partial charge in [0.05, 0.1) is 4.47 Å². The second-order valence-corrected chi connectivity index (χ2v) is 5.40. The molecule has 0 aliphatic carbocycles. The van der Waals surface area contributed by atoms with Crippen LogP contribution in [-0.2, 0) is 6.54 Å². The van der Waals surface area contributed by atoms with Gasteiger partial charge in [-0.1, -0.05) is 11.6 Å². The molecule has 0 atom stereocenters. The molecule has 0 fully saturated rings. The largest absolute Gasteiger partial charge is 0.434 e. The monoisotopic (exact) mass is 379 g/mol. The molecule has 0 aromatic heterocycles. The van der Waals surface area contributed by atoms with Gasteiger partial charge in [0.15, 0.2) is 0 Å². The Morgan fingerprint density at radius 2 is 1.95 bits per heavy atom. The zero-order valence-electron chi connectivity index (χ0n) is 10.5. The molecule has 1 N–H and O–H groups in total. The molecule has 21 heavy (non-hydrogen) atoms. The van der Waals surface area contributed by atoms with Crippen LogP contribution in [0.5, 0.6) is 5.75 Å². The van der Waals surface area contributed by atoms with Crippen molar-refractivity contribution in [3.8, 4) is 5.75 Å². The van der Waals surface area contributed by atoms with Crippen LogP contribution in [0.4, 0.5) is 18.9 Å². The number of alkyl halides is 2. The third-order valence-corrected chi connectivity index (χ3v) is 3.48. The van der Waals surface area contributed by atoms with E-state index in [1.165, 1.54) is 30.3 Å². The summed E-state index contributed by atoms with van der Waals surface area (Å²) < 4.78 is 42.5. The summed E-state index contributed by atoms with van der Waals surface area (Å²) in [6, 6.07) is 8.76. The number of benzene rings is 2. The van der Waals surface area contributed by atoms with Gasteiger partial charge >= 0.3 is 6.61 Å². The van der Waals surface area contributed by atoms with E-state index in [2.05, 4.69) is 26.0 Å². The summed E-state index contributed by atoms with van der Waals surface area (Å²) in [7, 11) is 0. The molecule has 7 heteroatoms. The summed E-state index contributed by atoms with van der Waals surface area (Å²) in [5.74, 6) is -0.340. The van der Waals surface area contributed by atoms with E-state index in [1.54, 1.807) is 6.07 Å². The molecule has 2 aromatic rings. The Hall–Kier alpha value is -1.40. The minimum Gasteiger partial charge on any atom is -0.434 e. The number of hydrogen-bond donors (Lipinski definition) is 1. The Balaban J connectivity index is 2.14. The minimum absolute atomic E-state index is 0.0445. The first-order chi connectivity index (χ1) is 9.95. The Morgan fingerprint density at radius 3 is 2.62 bits per heavy atom. The average molecular weight is 381 g/mol. The van der Waals surface area contributed by atoms with Crippen LogP contribution in [0, 0.1) is 5.82 Å². The predicted octanol–water partition coefficient (Wildman–Crippen LogP) is 5.46. The van der Waals surface area contributed by atoms with Crippen molar-refractivity contribution in [1.82, 2.24) is 0 Å². The van der Waals surface area contributed by atoms with E-state index in [4.69, 9.17) is 11.6 Å². The van der Waals surface area contributed by atoms with Crippen LogP contribution in [-0.4, -0.2) is 6.61 Å². The number of rotatable bonds is 5. The molecule has 0 saturated carbocycles. The number of ether oxygens (including phenoxy) is 1. The Kier molecular flexibility index (Phi) is 5.36. The van der Waals surface area contributed by atoms with Gasteiger partial charge in [0.25, 0.3) is 0 Å². The summed E-state index contributed by atoms with van der Waals surface area (Å²) in [4.78, 5) is 0. The van der Waals surface area contributed by atoms with Crippen molar-refractivity contribution in [3.05, 3.63) is 57.3 Å². The first-order valence-corrected chi connectivity index (χ1v) is 7.05. The highest BCUT2D eigenvalue weighted by atomic mass is 79.9. The summed E-state index contributed by atoms with van der Waals surface area (Å²) in [6.07, 6.45) is 0. The van der Waals surface area contributed by atoms with Crippen LogP contribution in [0.25, 0.3) is 0 Å². The first-order valence-electron chi connectivity index (χ1n) is 5.88. The summed E-state index contributed by atoms with van der Waals surface area (Å²) in [6.45, 7) is -2.70. The molecular weight excluding hydrogens is 371 g/mol. The zero-order valence-corrected chi connectivity index (χ0v) is 12.9. The fourth-order valence-corrected chi connectivity index (χ4v) is 2.27. The summed E-state index contributed by atoms with van der Waals surface area (Å²) in [5, 5.41) is 3.40. The average Bonchev–Trinajstić information content (AvgIpc) is 2.42. The Morgan fingerprint density at radius 1 is 1.19 bits per heavy atom. The van der Waals surface area contributed by atoms with Gasteiger partial charge in [-0.05, 0) is 52.3 Å². The minimum atomic E-state index is -2.91. The fourth-order valence-electron chi connectivity index (χ4n) is 1.70. The van der Waals surface area contributed by atoms with Gasteiger partial charge in [-0.15, -0.1) is 0 Å². The number of hydrogen-bond acceptors (Lipinski definition) is 2. The molecule has 0 saturated heterocycles. The van der Waals surface area contributed by atoms with Gasteiger partial charge in [-0.2, -0.15) is 8.78 Å². The predicted molar refractivity (Wildman–Crippen MR) is 79.5 cm³/mol. The highest BCUT2D eigenvalue weighted by molar-refractivity contribution is 9.10. The van der Waals surface area contributed by atoms with Gasteiger partial charge in [-0.3, -0.25) is 0 Å². The van der Waals surface area contributed by atoms with Gasteiger partial charge in [0, 0.05) is 22.8 Å². The van der Waals surface area contributed by atoms with Gasteiger partial charge in [-0.25, -0.2) is 4.39 Å². The van der Waals surface area contributed by atoms with Gasteiger partial charge < -0.3 is 10.1 Å². The van der Waals surface area contributed by atoms with Crippen LogP contribution in [0.3, 0.4) is 0 Å². The van der Waals surface area contributed by atoms with Gasteiger partial charge in [0.1, 0.15) is 11.6 Å². The third-order valence-electron chi connectivity index (χ3n) is 2.64. The van der Waals surface area contributed by atoms with E-state index in [-0.39, 0.29) is 18.1 Å². The molecule has 0 unspecified atom stereocenters. The number of nitrogens with one attached hydrogen (secondary N) is 1. The molecule has 0 bridgehead atoms. The molecule has 112 valence electrons. The molecule has 0 radical (unpaired) electrons. The highest BCUT2D eigenvalue weighted by Gasteiger charge is 2.10. The van der Waals surface area contributed by atoms with Gasteiger partial charge in [0.2, 0.25) is 0 Å². The maximum atomic E-state index is 13.1. The van der Waals surface area contributed by atoms with E-state index >= 15 is 0 Å². The molecule has 0 aliphatic rings. The van der Waals surface area contributed by atoms with Crippen molar-refractivity contribution in [2.24, 2.45) is 0 Å². The molecule has 0 amide bonds. The van der Waals surface area contributed by atoms with Crippen molar-refractivity contribution in [3.63, 3.8) is 0 Å². The maximum absolute atomic E-state index is 13.1. The standard InChI is InChI=1S/C14H10BrClF3NO/c15-11-6-10(2-3-12(11)17)20-7-8-5-9(16)1-4-13(8)21-14(18)19/h1-6,14,20H,7H2. The quantitative estimate of drug-likeness (QED) is 0.744. The van der Waals surface area contributed by atoms with E-state index in [9.17, 15) is 13.2 Å². The third kappa shape index (κ3) is 4.54. The molecule has 2 nitrogen and oxygen atoms in total. The van der Waals surface area contributed by atoms with Crippen molar-refractivity contribution < 1.29 is 17.9 Å². The van der Waals surface area contributed by atoms with Crippen LogP contribution in [0.15, 0.2) is 40.9 Å². The smallest absolute Gasteiger partial charge is 0.387 e. The lowest BCUT2D eigenvalue weighted by atomic mass is 10.2. The lowest BCUT2D eigenvalue weighted by Gasteiger charge is -2.13. The van der Waals surface area contributed by atoms with Crippen LogP contribution in [0.2, 0.25) is 5.02 Å². The Bertz CT molecular complexity index is 640. The van der Waals surface area contributed by atoms with E-state index in [0.717, 1.165) is 0 Å². The molecule has 0 aliphatic heterocycles. The highest BCUT2D eigenvalue weighted by Crippen LogP contribution is 2.26. The molecule has 0 heterocycles. The second kappa shape index (κ2) is 7.04. The van der Waals surface area contributed by atoms with Crippen LogP contribution < -0.4 is 10.1 Å². The summed E-state index contributed by atoms with van der Waals surface area (Å²) in [5.41, 5.74) is 1.11.